The predicted octanol–water partition coefficient (Wildman–Crippen LogP) is 2.75. The van der Waals surface area contributed by atoms with E-state index in [2.05, 4.69) is 19.9 Å². The van der Waals surface area contributed by atoms with Crippen molar-refractivity contribution in [2.45, 2.75) is 13.3 Å². The molecular formula is C18H15N5O2. The molecule has 0 aromatic carbocycles. The summed E-state index contributed by atoms with van der Waals surface area (Å²) in [5, 5.41) is 0.917. The molecule has 0 radical (unpaired) electrons. The molecule has 4 aromatic heterocycles. The lowest BCUT2D eigenvalue weighted by Gasteiger charge is -2.05. The van der Waals surface area contributed by atoms with Crippen molar-refractivity contribution in [2.75, 3.05) is 0 Å². The fourth-order valence-corrected chi connectivity index (χ4v) is 2.67. The summed E-state index contributed by atoms with van der Waals surface area (Å²) in [5.41, 5.74) is 4.03. The van der Waals surface area contributed by atoms with E-state index < -0.39 is 0 Å². The minimum absolute atomic E-state index is 0.112. The van der Waals surface area contributed by atoms with Gasteiger partial charge in [-0.05, 0) is 19.1 Å². The minimum atomic E-state index is -0.198. The van der Waals surface area contributed by atoms with Crippen LogP contribution in [0, 0.1) is 6.92 Å². The summed E-state index contributed by atoms with van der Waals surface area (Å²) >= 11 is 0. The molecule has 7 heteroatoms. The van der Waals surface area contributed by atoms with E-state index in [0.29, 0.717) is 11.4 Å². The third-order valence-electron chi connectivity index (χ3n) is 3.94. The van der Waals surface area contributed by atoms with Crippen LogP contribution in [0.15, 0.2) is 47.7 Å². The number of nitrogens with zero attached hydrogens (tertiary/aromatic N) is 5. The average molecular weight is 333 g/mol. The Morgan fingerprint density at radius 2 is 2.08 bits per heavy atom. The van der Waals surface area contributed by atoms with E-state index in [4.69, 9.17) is 4.42 Å². The normalized spacial score (nSPS) is 11.1. The van der Waals surface area contributed by atoms with E-state index >= 15 is 0 Å². The first-order valence-corrected chi connectivity index (χ1v) is 7.77. The van der Waals surface area contributed by atoms with Gasteiger partial charge >= 0.3 is 0 Å². The van der Waals surface area contributed by atoms with Gasteiger partial charge in [0, 0.05) is 29.9 Å². The molecule has 0 fully saturated rings. The number of aromatic nitrogens is 5. The van der Waals surface area contributed by atoms with Crippen LogP contribution in [0.25, 0.3) is 22.2 Å². The Labute approximate surface area is 143 Å². The van der Waals surface area contributed by atoms with Crippen molar-refractivity contribution in [3.05, 3.63) is 60.6 Å². The quantitative estimate of drug-likeness (QED) is 0.534. The van der Waals surface area contributed by atoms with Gasteiger partial charge in [-0.25, -0.2) is 9.97 Å². The Morgan fingerprint density at radius 3 is 2.80 bits per heavy atom. The first-order chi connectivity index (χ1) is 12.1. The van der Waals surface area contributed by atoms with Crippen LogP contribution in [0.3, 0.4) is 0 Å². The van der Waals surface area contributed by atoms with E-state index in [1.807, 2.05) is 23.7 Å². The highest BCUT2D eigenvalue weighted by Gasteiger charge is 2.14. The van der Waals surface area contributed by atoms with Gasteiger partial charge in [0.2, 0.25) is 5.78 Å². The molecule has 0 saturated heterocycles. The number of pyridine rings is 2. The Hall–Kier alpha value is -3.35. The highest BCUT2D eigenvalue weighted by Crippen LogP contribution is 2.22. The molecule has 124 valence electrons. The lowest BCUT2D eigenvalue weighted by atomic mass is 10.1. The van der Waals surface area contributed by atoms with Crippen LogP contribution in [0.5, 0.6) is 0 Å². The Bertz CT molecular complexity index is 1080. The average Bonchev–Trinajstić information content (AvgIpc) is 3.22. The smallest absolute Gasteiger partial charge is 0.263 e. The molecule has 0 N–H and O–H groups in total. The third-order valence-corrected chi connectivity index (χ3v) is 3.94. The predicted molar refractivity (Wildman–Crippen MR) is 91.0 cm³/mol. The van der Waals surface area contributed by atoms with Gasteiger partial charge in [-0.3, -0.25) is 14.8 Å². The zero-order valence-corrected chi connectivity index (χ0v) is 13.8. The number of hydrogen-bond donors (Lipinski definition) is 0. The zero-order chi connectivity index (χ0) is 17.4. The summed E-state index contributed by atoms with van der Waals surface area (Å²) in [5.74, 6) is -0.0862. The van der Waals surface area contributed by atoms with Crippen LogP contribution >= 0.6 is 0 Å². The standard InChI is InChI=1S/C18H15N5O2/c1-11-9-25-18(22-11)17(24)5-14-4-12-3-13(6-21-15(12)7-20-14)16-8-19-10-23(16)2/h3-4,6-10H,5H2,1-2H3. The molecule has 0 bridgehead atoms. The topological polar surface area (TPSA) is 86.7 Å². The molecule has 0 saturated carbocycles. The molecular weight excluding hydrogens is 318 g/mol. The second-order valence-electron chi connectivity index (χ2n) is 5.88. The molecule has 0 spiro atoms. The fourth-order valence-electron chi connectivity index (χ4n) is 2.67. The summed E-state index contributed by atoms with van der Waals surface area (Å²) in [6.45, 7) is 1.78. The molecule has 7 nitrogen and oxygen atoms in total. The second-order valence-corrected chi connectivity index (χ2v) is 5.88. The van der Waals surface area contributed by atoms with Gasteiger partial charge in [-0.15, -0.1) is 0 Å². The molecule has 25 heavy (non-hydrogen) atoms. The van der Waals surface area contributed by atoms with Crippen molar-refractivity contribution >= 4 is 16.7 Å². The van der Waals surface area contributed by atoms with Gasteiger partial charge in [0.1, 0.15) is 6.26 Å². The van der Waals surface area contributed by atoms with Gasteiger partial charge < -0.3 is 8.98 Å². The van der Waals surface area contributed by atoms with Crippen molar-refractivity contribution in [3.63, 3.8) is 0 Å². The van der Waals surface area contributed by atoms with Crippen molar-refractivity contribution in [3.8, 4) is 11.3 Å². The lowest BCUT2D eigenvalue weighted by Crippen LogP contribution is -2.05. The maximum absolute atomic E-state index is 12.2. The summed E-state index contributed by atoms with van der Waals surface area (Å²) in [4.78, 5) is 29.2. The molecule has 0 unspecified atom stereocenters. The van der Waals surface area contributed by atoms with Gasteiger partial charge in [0.05, 0.1) is 42.0 Å². The number of fused-ring (bicyclic) bond motifs is 1. The van der Waals surface area contributed by atoms with Crippen LogP contribution in [-0.2, 0) is 13.5 Å². The van der Waals surface area contributed by atoms with Gasteiger partial charge in [-0.2, -0.15) is 0 Å². The Kier molecular flexibility index (Phi) is 3.61. The molecule has 0 atom stereocenters. The first kappa shape index (κ1) is 15.2. The number of Topliss-reactive ketones (excluding diaryl/α,β-unsaturated/α-hetero) is 1. The molecule has 0 aliphatic carbocycles. The number of ketones is 1. The number of oxazole rings is 1. The van der Waals surface area contributed by atoms with Crippen molar-refractivity contribution in [2.24, 2.45) is 7.05 Å². The highest BCUT2D eigenvalue weighted by molar-refractivity contribution is 5.93. The van der Waals surface area contributed by atoms with E-state index in [0.717, 1.165) is 22.2 Å². The van der Waals surface area contributed by atoms with E-state index in [1.165, 1.54) is 6.26 Å². The first-order valence-electron chi connectivity index (χ1n) is 7.77. The van der Waals surface area contributed by atoms with Crippen molar-refractivity contribution in [1.29, 1.82) is 0 Å². The van der Waals surface area contributed by atoms with E-state index in [9.17, 15) is 4.79 Å². The molecule has 4 heterocycles. The Morgan fingerprint density at radius 1 is 1.20 bits per heavy atom. The number of carbonyl (C=O) groups is 1. The van der Waals surface area contributed by atoms with Crippen LogP contribution in [0.2, 0.25) is 0 Å². The SMILES string of the molecule is Cc1coc(C(=O)Cc2cc3cc(-c4cncn4C)cnc3cn2)n1. The zero-order valence-electron chi connectivity index (χ0n) is 13.8. The maximum atomic E-state index is 12.2. The van der Waals surface area contributed by atoms with Crippen LogP contribution in [0.1, 0.15) is 22.1 Å². The van der Waals surface area contributed by atoms with Crippen LogP contribution < -0.4 is 0 Å². The molecule has 0 amide bonds. The van der Waals surface area contributed by atoms with Crippen LogP contribution in [0.4, 0.5) is 0 Å². The number of carbonyl (C=O) groups excluding carboxylic acids is 1. The number of rotatable bonds is 4. The number of aryl methyl sites for hydroxylation is 2. The summed E-state index contributed by atoms with van der Waals surface area (Å²) < 4.78 is 7.09. The largest absolute Gasteiger partial charge is 0.442 e. The highest BCUT2D eigenvalue weighted by atomic mass is 16.3. The van der Waals surface area contributed by atoms with Crippen molar-refractivity contribution < 1.29 is 9.21 Å². The Balaban J connectivity index is 1.67. The molecule has 0 aliphatic rings. The second kappa shape index (κ2) is 5.94. The number of imidazole rings is 1. The summed E-state index contributed by atoms with van der Waals surface area (Å²) in [7, 11) is 1.93. The monoisotopic (exact) mass is 333 g/mol. The van der Waals surface area contributed by atoms with E-state index in [-0.39, 0.29) is 18.1 Å². The van der Waals surface area contributed by atoms with Gasteiger partial charge in [-0.1, -0.05) is 0 Å². The fraction of sp³-hybridized carbons (Fsp3) is 0.167. The lowest BCUT2D eigenvalue weighted by molar-refractivity contribution is 0.0958. The third kappa shape index (κ3) is 2.91. The molecule has 4 aromatic rings. The van der Waals surface area contributed by atoms with E-state index in [1.54, 1.807) is 31.8 Å². The maximum Gasteiger partial charge on any atom is 0.263 e. The van der Waals surface area contributed by atoms with Gasteiger partial charge in [0.25, 0.3) is 5.89 Å². The number of hydrogen-bond acceptors (Lipinski definition) is 6. The molecule has 4 rings (SSSR count). The summed E-state index contributed by atoms with van der Waals surface area (Å²) in [6.07, 6.45) is 8.60. The van der Waals surface area contributed by atoms with Gasteiger partial charge in [0.15, 0.2) is 0 Å². The minimum Gasteiger partial charge on any atom is -0.442 e. The van der Waals surface area contributed by atoms with Crippen LogP contribution in [-0.4, -0.2) is 30.3 Å². The van der Waals surface area contributed by atoms with Crippen molar-refractivity contribution in [1.82, 2.24) is 24.5 Å². The molecule has 0 aliphatic heterocycles. The summed E-state index contributed by atoms with van der Waals surface area (Å²) in [6, 6.07) is 3.89.